The van der Waals surface area contributed by atoms with Crippen molar-refractivity contribution in [3.63, 3.8) is 0 Å². The summed E-state index contributed by atoms with van der Waals surface area (Å²) in [5.41, 5.74) is 0. The first-order chi connectivity index (χ1) is 12.6. The minimum atomic E-state index is -0.732. The standard InChI is InChI=1S/C22H42O4/c1-3-5-7-8-9-10-11-15-19-22(25)26-20(16-6-4-2)17-13-12-14-18-21(23)24/h20H,3-19H2,1-2H3,(H,23,24). The summed E-state index contributed by atoms with van der Waals surface area (Å²) in [6, 6.07) is 0. The summed E-state index contributed by atoms with van der Waals surface area (Å²) in [5, 5.41) is 8.66. The zero-order valence-corrected chi connectivity index (χ0v) is 17.3. The van der Waals surface area contributed by atoms with Crippen molar-refractivity contribution in [2.75, 3.05) is 0 Å². The maximum Gasteiger partial charge on any atom is 0.306 e. The summed E-state index contributed by atoms with van der Waals surface area (Å²) in [6.07, 6.45) is 17.1. The molecule has 1 unspecified atom stereocenters. The molecule has 0 saturated carbocycles. The largest absolute Gasteiger partial charge is 0.481 e. The van der Waals surface area contributed by atoms with Gasteiger partial charge in [0.25, 0.3) is 0 Å². The first-order valence-corrected chi connectivity index (χ1v) is 11.0. The van der Waals surface area contributed by atoms with Crippen molar-refractivity contribution < 1.29 is 19.4 Å². The van der Waals surface area contributed by atoms with Crippen molar-refractivity contribution in [1.29, 1.82) is 0 Å². The Morgan fingerprint density at radius 1 is 0.692 bits per heavy atom. The fraction of sp³-hybridized carbons (Fsp3) is 0.909. The lowest BCUT2D eigenvalue weighted by Gasteiger charge is -2.17. The van der Waals surface area contributed by atoms with Gasteiger partial charge in [-0.1, -0.05) is 78.1 Å². The molecule has 26 heavy (non-hydrogen) atoms. The zero-order valence-electron chi connectivity index (χ0n) is 17.3. The fourth-order valence-electron chi connectivity index (χ4n) is 3.17. The molecule has 0 rings (SSSR count). The third-order valence-electron chi connectivity index (χ3n) is 4.83. The normalized spacial score (nSPS) is 12.1. The summed E-state index contributed by atoms with van der Waals surface area (Å²) in [6.45, 7) is 4.38. The molecular weight excluding hydrogens is 328 g/mol. The van der Waals surface area contributed by atoms with Crippen molar-refractivity contribution in [3.8, 4) is 0 Å². The van der Waals surface area contributed by atoms with E-state index in [1.54, 1.807) is 0 Å². The second-order valence-corrected chi connectivity index (χ2v) is 7.47. The topological polar surface area (TPSA) is 63.6 Å². The van der Waals surface area contributed by atoms with Crippen LogP contribution in [0.3, 0.4) is 0 Å². The molecule has 0 aromatic carbocycles. The minimum Gasteiger partial charge on any atom is -0.481 e. The average molecular weight is 371 g/mol. The van der Waals surface area contributed by atoms with Crippen LogP contribution >= 0.6 is 0 Å². The van der Waals surface area contributed by atoms with Gasteiger partial charge in [-0.2, -0.15) is 0 Å². The molecule has 0 aromatic heterocycles. The van der Waals surface area contributed by atoms with Crippen LogP contribution in [0.15, 0.2) is 0 Å². The Morgan fingerprint density at radius 2 is 1.19 bits per heavy atom. The zero-order chi connectivity index (χ0) is 19.5. The van der Waals surface area contributed by atoms with Gasteiger partial charge < -0.3 is 9.84 Å². The molecule has 0 amide bonds. The molecule has 0 radical (unpaired) electrons. The highest BCUT2D eigenvalue weighted by Crippen LogP contribution is 2.16. The lowest BCUT2D eigenvalue weighted by atomic mass is 10.0. The number of esters is 1. The van der Waals surface area contributed by atoms with E-state index in [0.717, 1.165) is 51.4 Å². The smallest absolute Gasteiger partial charge is 0.306 e. The molecule has 4 nitrogen and oxygen atoms in total. The predicted molar refractivity (Wildman–Crippen MR) is 107 cm³/mol. The Kier molecular flexibility index (Phi) is 18.0. The van der Waals surface area contributed by atoms with Crippen molar-refractivity contribution >= 4 is 11.9 Å². The van der Waals surface area contributed by atoms with Crippen LogP contribution < -0.4 is 0 Å². The van der Waals surface area contributed by atoms with E-state index in [9.17, 15) is 9.59 Å². The number of hydrogen-bond donors (Lipinski definition) is 1. The average Bonchev–Trinajstić information content (AvgIpc) is 2.61. The van der Waals surface area contributed by atoms with Gasteiger partial charge in [0.05, 0.1) is 0 Å². The van der Waals surface area contributed by atoms with E-state index in [1.165, 1.54) is 38.5 Å². The number of hydrogen-bond acceptors (Lipinski definition) is 3. The molecule has 154 valence electrons. The Morgan fingerprint density at radius 3 is 1.81 bits per heavy atom. The number of carboxylic acid groups (broad SMARTS) is 1. The van der Waals surface area contributed by atoms with Gasteiger partial charge in [-0.15, -0.1) is 0 Å². The Balaban J connectivity index is 3.79. The van der Waals surface area contributed by atoms with Gasteiger partial charge in [0.15, 0.2) is 0 Å². The van der Waals surface area contributed by atoms with Crippen LogP contribution in [0.2, 0.25) is 0 Å². The molecule has 0 aliphatic carbocycles. The van der Waals surface area contributed by atoms with E-state index in [2.05, 4.69) is 13.8 Å². The van der Waals surface area contributed by atoms with Crippen LogP contribution in [0.1, 0.15) is 123 Å². The van der Waals surface area contributed by atoms with E-state index < -0.39 is 5.97 Å². The molecule has 0 spiro atoms. The van der Waals surface area contributed by atoms with Gasteiger partial charge in [-0.3, -0.25) is 9.59 Å². The van der Waals surface area contributed by atoms with Crippen LogP contribution in [0.4, 0.5) is 0 Å². The molecule has 0 fully saturated rings. The van der Waals surface area contributed by atoms with E-state index in [4.69, 9.17) is 9.84 Å². The van der Waals surface area contributed by atoms with Gasteiger partial charge in [0.2, 0.25) is 0 Å². The number of carboxylic acids is 1. The van der Waals surface area contributed by atoms with E-state index in [0.29, 0.717) is 12.8 Å². The molecule has 0 saturated heterocycles. The molecule has 0 heterocycles. The minimum absolute atomic E-state index is 0.0151. The summed E-state index contributed by atoms with van der Waals surface area (Å²) in [4.78, 5) is 22.6. The number of unbranched alkanes of at least 4 members (excludes halogenated alkanes) is 10. The monoisotopic (exact) mass is 370 g/mol. The molecule has 0 bridgehead atoms. The van der Waals surface area contributed by atoms with Crippen molar-refractivity contribution in [2.24, 2.45) is 0 Å². The highest BCUT2D eigenvalue weighted by atomic mass is 16.5. The number of ether oxygens (including phenoxy) is 1. The number of carbonyl (C=O) groups excluding carboxylic acids is 1. The van der Waals surface area contributed by atoms with Gasteiger partial charge in [0.1, 0.15) is 6.10 Å². The molecule has 0 aliphatic heterocycles. The molecule has 1 N–H and O–H groups in total. The predicted octanol–water partition coefficient (Wildman–Crippen LogP) is 6.65. The van der Waals surface area contributed by atoms with Gasteiger partial charge in [-0.05, 0) is 32.1 Å². The Hall–Kier alpha value is -1.06. The number of rotatable bonds is 19. The summed E-state index contributed by atoms with van der Waals surface area (Å²) < 4.78 is 5.68. The molecular formula is C22H42O4. The summed E-state index contributed by atoms with van der Waals surface area (Å²) >= 11 is 0. The van der Waals surface area contributed by atoms with Crippen LogP contribution in [-0.2, 0) is 14.3 Å². The third-order valence-corrected chi connectivity index (χ3v) is 4.83. The second kappa shape index (κ2) is 18.7. The molecule has 1 atom stereocenters. The molecule has 0 aromatic rings. The van der Waals surface area contributed by atoms with Crippen molar-refractivity contribution in [3.05, 3.63) is 0 Å². The van der Waals surface area contributed by atoms with Crippen LogP contribution in [-0.4, -0.2) is 23.1 Å². The van der Waals surface area contributed by atoms with E-state index >= 15 is 0 Å². The first-order valence-electron chi connectivity index (χ1n) is 11.0. The van der Waals surface area contributed by atoms with Gasteiger partial charge in [-0.25, -0.2) is 0 Å². The number of carbonyl (C=O) groups is 2. The van der Waals surface area contributed by atoms with Crippen LogP contribution in [0.25, 0.3) is 0 Å². The molecule has 0 aliphatic rings. The lowest BCUT2D eigenvalue weighted by molar-refractivity contribution is -0.150. The van der Waals surface area contributed by atoms with Crippen LogP contribution in [0.5, 0.6) is 0 Å². The maximum absolute atomic E-state index is 12.1. The van der Waals surface area contributed by atoms with Gasteiger partial charge in [0, 0.05) is 12.8 Å². The lowest BCUT2D eigenvalue weighted by Crippen LogP contribution is -2.18. The molecule has 4 heteroatoms. The van der Waals surface area contributed by atoms with Gasteiger partial charge >= 0.3 is 11.9 Å². The summed E-state index contributed by atoms with van der Waals surface area (Å²) in [7, 11) is 0. The van der Waals surface area contributed by atoms with Crippen molar-refractivity contribution in [1.82, 2.24) is 0 Å². The second-order valence-electron chi connectivity index (χ2n) is 7.47. The Labute approximate surface area is 161 Å². The first kappa shape index (κ1) is 24.9. The highest BCUT2D eigenvalue weighted by Gasteiger charge is 2.14. The summed E-state index contributed by atoms with van der Waals surface area (Å²) in [5.74, 6) is -0.785. The number of aliphatic carboxylic acids is 1. The third kappa shape index (κ3) is 17.8. The van der Waals surface area contributed by atoms with Crippen molar-refractivity contribution in [2.45, 2.75) is 129 Å². The quantitative estimate of drug-likeness (QED) is 0.204. The maximum atomic E-state index is 12.1. The van der Waals surface area contributed by atoms with E-state index in [1.807, 2.05) is 0 Å². The SMILES string of the molecule is CCCCCCCCCCC(=O)OC(CCCC)CCCCCC(=O)O. The fourth-order valence-corrected chi connectivity index (χ4v) is 3.17. The highest BCUT2D eigenvalue weighted by molar-refractivity contribution is 5.69. The Bertz CT molecular complexity index is 341. The van der Waals surface area contributed by atoms with E-state index in [-0.39, 0.29) is 18.5 Å². The van der Waals surface area contributed by atoms with Crippen LogP contribution in [0, 0.1) is 0 Å².